The molecule has 24 heavy (non-hydrogen) atoms. The third kappa shape index (κ3) is 3.51. The number of carbonyl (C=O) groups is 1. The van der Waals surface area contributed by atoms with Crippen LogP contribution in [-0.4, -0.2) is 46.1 Å². The molecule has 1 aliphatic heterocycles. The van der Waals surface area contributed by atoms with Gasteiger partial charge in [-0.15, -0.1) is 0 Å². The maximum atomic E-state index is 12.1. The number of benzene rings is 1. The summed E-state index contributed by atoms with van der Waals surface area (Å²) in [5.74, 6) is 0.531. The van der Waals surface area contributed by atoms with Crippen LogP contribution in [0, 0.1) is 0 Å². The van der Waals surface area contributed by atoms with Crippen LogP contribution in [0.2, 0.25) is 0 Å². The second kappa shape index (κ2) is 6.77. The van der Waals surface area contributed by atoms with E-state index >= 15 is 0 Å². The molecular formula is C19H26N4O. The van der Waals surface area contributed by atoms with E-state index in [1.54, 1.807) is 19.0 Å². The second-order valence-corrected chi connectivity index (χ2v) is 7.05. The number of nitrogens with zero attached hydrogens (tertiary/aromatic N) is 4. The highest BCUT2D eigenvalue weighted by Gasteiger charge is 2.21. The Morgan fingerprint density at radius 1 is 1.21 bits per heavy atom. The van der Waals surface area contributed by atoms with Gasteiger partial charge in [-0.1, -0.05) is 38.1 Å². The Kier molecular flexibility index (Phi) is 4.71. The van der Waals surface area contributed by atoms with Crippen LogP contribution in [0.4, 0.5) is 0 Å². The highest BCUT2D eigenvalue weighted by atomic mass is 16.2. The lowest BCUT2D eigenvalue weighted by Gasteiger charge is -2.27. The van der Waals surface area contributed by atoms with Crippen LogP contribution in [0.1, 0.15) is 47.1 Å². The Hall–Kier alpha value is -2.14. The van der Waals surface area contributed by atoms with Gasteiger partial charge in [0.2, 0.25) is 0 Å². The first-order valence-corrected chi connectivity index (χ1v) is 8.53. The van der Waals surface area contributed by atoms with Crippen LogP contribution >= 0.6 is 0 Å². The second-order valence-electron chi connectivity index (χ2n) is 7.05. The van der Waals surface area contributed by atoms with Crippen molar-refractivity contribution in [2.24, 2.45) is 0 Å². The van der Waals surface area contributed by atoms with Crippen molar-refractivity contribution >= 4 is 5.91 Å². The largest absolute Gasteiger partial charge is 0.343 e. The smallest absolute Gasteiger partial charge is 0.273 e. The highest BCUT2D eigenvalue weighted by molar-refractivity contribution is 5.92. The van der Waals surface area contributed by atoms with E-state index in [4.69, 9.17) is 0 Å². The zero-order chi connectivity index (χ0) is 17.3. The van der Waals surface area contributed by atoms with Gasteiger partial charge < -0.3 is 4.90 Å². The van der Waals surface area contributed by atoms with Gasteiger partial charge in [0.15, 0.2) is 5.69 Å². The Morgan fingerprint density at radius 2 is 1.92 bits per heavy atom. The molecule has 5 nitrogen and oxygen atoms in total. The molecule has 1 aromatic heterocycles. The van der Waals surface area contributed by atoms with Crippen molar-refractivity contribution in [2.75, 3.05) is 20.6 Å². The fourth-order valence-electron chi connectivity index (χ4n) is 3.06. The van der Waals surface area contributed by atoms with Gasteiger partial charge in [0.1, 0.15) is 0 Å². The van der Waals surface area contributed by atoms with Crippen molar-refractivity contribution in [3.8, 4) is 0 Å². The Labute approximate surface area is 143 Å². The molecule has 0 spiro atoms. The molecule has 1 amide bonds. The molecule has 0 bridgehead atoms. The third-order valence-electron chi connectivity index (χ3n) is 4.55. The molecule has 1 aromatic carbocycles. The van der Waals surface area contributed by atoms with Crippen LogP contribution in [0.25, 0.3) is 0 Å². The lowest BCUT2D eigenvalue weighted by molar-refractivity contribution is 0.0821. The number of hydrogen-bond acceptors (Lipinski definition) is 3. The van der Waals surface area contributed by atoms with Crippen molar-refractivity contribution in [2.45, 2.75) is 39.4 Å². The molecule has 5 heteroatoms. The lowest BCUT2D eigenvalue weighted by atomic mass is 10.0. The van der Waals surface area contributed by atoms with Gasteiger partial charge in [-0.3, -0.25) is 14.4 Å². The minimum absolute atomic E-state index is 0.0345. The van der Waals surface area contributed by atoms with Crippen molar-refractivity contribution < 1.29 is 4.79 Å². The first-order chi connectivity index (χ1) is 11.4. The van der Waals surface area contributed by atoms with E-state index in [2.05, 4.69) is 48.1 Å². The van der Waals surface area contributed by atoms with Crippen molar-refractivity contribution in [1.82, 2.24) is 19.6 Å². The number of hydrogen-bond donors (Lipinski definition) is 0. The molecular weight excluding hydrogens is 300 g/mol. The monoisotopic (exact) mass is 326 g/mol. The van der Waals surface area contributed by atoms with Crippen LogP contribution in [0.15, 0.2) is 30.3 Å². The molecule has 2 heterocycles. The number of rotatable bonds is 4. The summed E-state index contributed by atoms with van der Waals surface area (Å²) < 4.78 is 1.97. The maximum Gasteiger partial charge on any atom is 0.273 e. The summed E-state index contributed by atoms with van der Waals surface area (Å²) in [6, 6.07) is 10.8. The average molecular weight is 326 g/mol. The number of aromatic nitrogens is 2. The molecule has 2 aromatic rings. The van der Waals surface area contributed by atoms with Gasteiger partial charge in [0.25, 0.3) is 5.91 Å². The van der Waals surface area contributed by atoms with E-state index in [0.29, 0.717) is 11.6 Å². The molecule has 0 atom stereocenters. The van der Waals surface area contributed by atoms with Crippen LogP contribution < -0.4 is 0 Å². The van der Waals surface area contributed by atoms with Crippen molar-refractivity contribution in [1.29, 1.82) is 0 Å². The van der Waals surface area contributed by atoms with Crippen LogP contribution in [-0.2, 0) is 19.6 Å². The molecule has 0 aliphatic carbocycles. The topological polar surface area (TPSA) is 41.4 Å². The quantitative estimate of drug-likeness (QED) is 0.867. The number of fused-ring (bicyclic) bond motifs is 1. The Morgan fingerprint density at radius 3 is 2.54 bits per heavy atom. The molecule has 128 valence electrons. The van der Waals surface area contributed by atoms with Gasteiger partial charge in [0, 0.05) is 33.7 Å². The van der Waals surface area contributed by atoms with E-state index in [9.17, 15) is 4.79 Å². The summed E-state index contributed by atoms with van der Waals surface area (Å²) in [6.45, 7) is 7.98. The van der Waals surface area contributed by atoms with Gasteiger partial charge >= 0.3 is 0 Å². The average Bonchev–Trinajstić information content (AvgIpc) is 2.97. The fourth-order valence-corrected chi connectivity index (χ4v) is 3.06. The van der Waals surface area contributed by atoms with Gasteiger partial charge in [0.05, 0.1) is 12.2 Å². The predicted molar refractivity (Wildman–Crippen MR) is 94.9 cm³/mol. The molecule has 0 radical (unpaired) electrons. The Balaban J connectivity index is 1.67. The van der Waals surface area contributed by atoms with E-state index < -0.39 is 0 Å². The molecule has 0 unspecified atom stereocenters. The summed E-state index contributed by atoms with van der Waals surface area (Å²) in [4.78, 5) is 16.0. The normalized spacial score (nSPS) is 14.7. The third-order valence-corrected chi connectivity index (χ3v) is 4.55. The molecule has 1 aliphatic rings. The highest BCUT2D eigenvalue weighted by Crippen LogP contribution is 2.19. The summed E-state index contributed by atoms with van der Waals surface area (Å²) in [5, 5.41) is 4.44. The van der Waals surface area contributed by atoms with E-state index in [1.165, 1.54) is 11.1 Å². The van der Waals surface area contributed by atoms with Gasteiger partial charge in [-0.05, 0) is 23.1 Å². The zero-order valence-electron chi connectivity index (χ0n) is 15.0. The van der Waals surface area contributed by atoms with Gasteiger partial charge in [-0.25, -0.2) is 0 Å². The number of carbonyl (C=O) groups excluding carboxylic acids is 1. The molecule has 3 rings (SSSR count). The predicted octanol–water partition coefficient (Wildman–Crippen LogP) is 2.72. The molecule has 0 fully saturated rings. The minimum atomic E-state index is -0.0345. The first-order valence-electron chi connectivity index (χ1n) is 8.53. The van der Waals surface area contributed by atoms with Crippen molar-refractivity contribution in [3.05, 3.63) is 52.8 Å². The minimum Gasteiger partial charge on any atom is -0.343 e. The van der Waals surface area contributed by atoms with Gasteiger partial charge in [-0.2, -0.15) is 5.10 Å². The maximum absolute atomic E-state index is 12.1. The summed E-state index contributed by atoms with van der Waals surface area (Å²) in [7, 11) is 3.52. The summed E-state index contributed by atoms with van der Waals surface area (Å²) in [5.41, 5.74) is 4.36. The summed E-state index contributed by atoms with van der Waals surface area (Å²) >= 11 is 0. The first kappa shape index (κ1) is 16.7. The van der Waals surface area contributed by atoms with E-state index in [-0.39, 0.29) is 5.91 Å². The van der Waals surface area contributed by atoms with E-state index in [0.717, 1.165) is 31.9 Å². The van der Waals surface area contributed by atoms with E-state index in [1.807, 2.05) is 10.7 Å². The Bertz CT molecular complexity index is 715. The summed E-state index contributed by atoms with van der Waals surface area (Å²) in [6.07, 6.45) is 0. The fraction of sp³-hybridized carbons (Fsp3) is 0.474. The standard InChI is InChI=1S/C19H26N4O/c1-14(2)16-7-5-15(6-8-16)12-22-9-10-23-17(13-22)11-18(20-23)19(24)21(3)4/h5-8,11,14H,9-10,12-13H2,1-4H3. The SMILES string of the molecule is CC(C)c1ccc(CN2CCn3nc(C(=O)N(C)C)cc3C2)cc1. The molecule has 0 saturated heterocycles. The molecule has 0 N–H and O–H groups in total. The van der Waals surface area contributed by atoms with Crippen molar-refractivity contribution in [3.63, 3.8) is 0 Å². The lowest BCUT2D eigenvalue weighted by Crippen LogP contribution is -2.33. The van der Waals surface area contributed by atoms with Crippen LogP contribution in [0.3, 0.4) is 0 Å². The van der Waals surface area contributed by atoms with Crippen LogP contribution in [0.5, 0.6) is 0 Å². The number of amides is 1. The molecule has 0 saturated carbocycles. The zero-order valence-corrected chi connectivity index (χ0v) is 15.0.